The lowest BCUT2D eigenvalue weighted by atomic mass is 10.0. The highest BCUT2D eigenvalue weighted by atomic mass is 79.9. The summed E-state index contributed by atoms with van der Waals surface area (Å²) in [5.74, 6) is 0.662. The van der Waals surface area contributed by atoms with Gasteiger partial charge in [0, 0.05) is 29.8 Å². The Bertz CT molecular complexity index is 1150. The highest BCUT2D eigenvalue weighted by Gasteiger charge is 2.36. The minimum absolute atomic E-state index is 0.0998. The van der Waals surface area contributed by atoms with Gasteiger partial charge in [-0.3, -0.25) is 4.79 Å². The Morgan fingerprint density at radius 1 is 0.973 bits per heavy atom. The quantitative estimate of drug-likeness (QED) is 0.119. The van der Waals surface area contributed by atoms with Crippen LogP contribution in [0.1, 0.15) is 52.7 Å². The molecule has 196 valence electrons. The molecule has 1 saturated heterocycles. The first-order valence-corrected chi connectivity index (χ1v) is 14.8. The first-order chi connectivity index (χ1) is 17.9. The van der Waals surface area contributed by atoms with E-state index >= 15 is 0 Å². The number of para-hydroxylation sites is 1. The van der Waals surface area contributed by atoms with Crippen LogP contribution in [0.4, 0.5) is 5.69 Å². The van der Waals surface area contributed by atoms with Crippen LogP contribution < -0.4 is 4.90 Å². The van der Waals surface area contributed by atoms with Crippen molar-refractivity contribution in [3.8, 4) is 0 Å². The summed E-state index contributed by atoms with van der Waals surface area (Å²) >= 11 is 7.24. The Morgan fingerprint density at radius 2 is 1.57 bits per heavy atom. The summed E-state index contributed by atoms with van der Waals surface area (Å²) in [6.07, 6.45) is 1.90. The van der Waals surface area contributed by atoms with Gasteiger partial charge in [0.15, 0.2) is 5.78 Å². The summed E-state index contributed by atoms with van der Waals surface area (Å²) in [7, 11) is 4.11. The van der Waals surface area contributed by atoms with Crippen LogP contribution >= 0.6 is 31.9 Å². The smallest absolute Gasteiger partial charge is 0.176 e. The number of benzene rings is 3. The fraction of sp³-hybridized carbons (Fsp3) is 0.387. The zero-order valence-corrected chi connectivity index (χ0v) is 25.0. The van der Waals surface area contributed by atoms with Gasteiger partial charge in [-0.25, -0.2) is 0 Å². The predicted molar refractivity (Wildman–Crippen MR) is 161 cm³/mol. The van der Waals surface area contributed by atoms with Gasteiger partial charge >= 0.3 is 0 Å². The molecular formula is C31H36Br2N2O2. The molecule has 0 bridgehead atoms. The number of Topliss-reactive ketones (excluding diaryl/α,β-unsaturated/α-hetero) is 1. The number of hydrogen-bond donors (Lipinski definition) is 0. The third-order valence-electron chi connectivity index (χ3n) is 7.19. The Labute approximate surface area is 238 Å². The van der Waals surface area contributed by atoms with Gasteiger partial charge in [-0.05, 0) is 49.7 Å². The molecule has 0 N–H and O–H groups in total. The zero-order valence-electron chi connectivity index (χ0n) is 21.8. The van der Waals surface area contributed by atoms with Crippen LogP contribution in [-0.4, -0.2) is 60.4 Å². The molecule has 1 fully saturated rings. The number of carbonyl (C=O) groups excluding carboxylic acids is 1. The van der Waals surface area contributed by atoms with Crippen molar-refractivity contribution in [2.45, 2.75) is 41.5 Å². The molecule has 3 atom stereocenters. The second-order valence-electron chi connectivity index (χ2n) is 9.78. The highest BCUT2D eigenvalue weighted by Crippen LogP contribution is 2.51. The Hall–Kier alpha value is -1.99. The molecule has 5 rings (SSSR count). The molecule has 6 heteroatoms. The summed E-state index contributed by atoms with van der Waals surface area (Å²) in [5, 5.41) is 0. The van der Waals surface area contributed by atoms with Crippen LogP contribution in [0.3, 0.4) is 0 Å². The fourth-order valence-corrected chi connectivity index (χ4v) is 6.31. The van der Waals surface area contributed by atoms with Crippen LogP contribution in [0.15, 0.2) is 78.9 Å². The van der Waals surface area contributed by atoms with Crippen molar-refractivity contribution in [2.75, 3.05) is 38.8 Å². The maximum absolute atomic E-state index is 12.2. The van der Waals surface area contributed by atoms with E-state index in [1.165, 1.54) is 22.4 Å². The monoisotopic (exact) mass is 626 g/mol. The van der Waals surface area contributed by atoms with E-state index in [0.29, 0.717) is 12.0 Å². The summed E-state index contributed by atoms with van der Waals surface area (Å²) < 4.78 is 5.52. The third-order valence-corrected chi connectivity index (χ3v) is 8.73. The molecule has 1 aliphatic heterocycles. The molecule has 3 aromatic carbocycles. The lowest BCUT2D eigenvalue weighted by Crippen LogP contribution is -2.42. The van der Waals surface area contributed by atoms with E-state index in [-0.39, 0.29) is 15.6 Å². The van der Waals surface area contributed by atoms with E-state index in [9.17, 15) is 4.79 Å². The topological polar surface area (TPSA) is 32.8 Å². The number of nitrogens with zero attached hydrogens (tertiary/aromatic N) is 2. The van der Waals surface area contributed by atoms with Gasteiger partial charge in [0.05, 0.1) is 18.0 Å². The first kappa shape index (κ1) is 28.0. The molecule has 0 saturated carbocycles. The first-order valence-electron chi connectivity index (χ1n) is 13.0. The number of halogens is 2. The van der Waals surface area contributed by atoms with Crippen LogP contribution in [-0.2, 0) is 4.74 Å². The summed E-state index contributed by atoms with van der Waals surface area (Å²) in [6, 6.07) is 27.4. The Balaban J connectivity index is 0.000000176. The number of rotatable bonds is 8. The number of morpholine rings is 1. The largest absolute Gasteiger partial charge is 0.377 e. The van der Waals surface area contributed by atoms with Crippen molar-refractivity contribution >= 4 is 43.3 Å². The predicted octanol–water partition coefficient (Wildman–Crippen LogP) is 7.10. The molecule has 2 aliphatic rings. The molecule has 0 amide bonds. The van der Waals surface area contributed by atoms with Crippen molar-refractivity contribution in [1.29, 1.82) is 0 Å². The minimum Gasteiger partial charge on any atom is -0.377 e. The third kappa shape index (κ3) is 6.91. The minimum atomic E-state index is -0.0998. The average Bonchev–Trinajstić information content (AvgIpc) is 3.66. The summed E-state index contributed by atoms with van der Waals surface area (Å²) in [4.78, 5) is 16.9. The van der Waals surface area contributed by atoms with Crippen LogP contribution in [0.25, 0.3) is 0 Å². The highest BCUT2D eigenvalue weighted by molar-refractivity contribution is 9.10. The van der Waals surface area contributed by atoms with Gasteiger partial charge in [0.2, 0.25) is 0 Å². The molecule has 3 aromatic rings. The van der Waals surface area contributed by atoms with Crippen molar-refractivity contribution in [1.82, 2.24) is 4.90 Å². The Morgan fingerprint density at radius 3 is 2.16 bits per heavy atom. The van der Waals surface area contributed by atoms with E-state index in [0.717, 1.165) is 38.2 Å². The lowest BCUT2D eigenvalue weighted by molar-refractivity contribution is 0.0978. The second kappa shape index (κ2) is 13.2. The molecular weight excluding hydrogens is 592 g/mol. The lowest BCUT2D eigenvalue weighted by Gasteiger charge is -2.35. The van der Waals surface area contributed by atoms with Gasteiger partial charge in [-0.15, -0.1) is 0 Å². The second-order valence-corrected chi connectivity index (χ2v) is 11.9. The van der Waals surface area contributed by atoms with Crippen molar-refractivity contribution in [3.63, 3.8) is 0 Å². The number of alkyl halides is 2. The van der Waals surface area contributed by atoms with E-state index in [2.05, 4.69) is 111 Å². The SMILES string of the molecule is BrC1COCCN1c1ccccc1C1c2ccccc21.CCC(CC(Br)C(=O)c1ccccc1)N(C)C. The van der Waals surface area contributed by atoms with Crippen LogP contribution in [0.5, 0.6) is 0 Å². The molecule has 0 spiro atoms. The summed E-state index contributed by atoms with van der Waals surface area (Å²) in [6.45, 7) is 4.63. The molecule has 1 heterocycles. The molecule has 0 aromatic heterocycles. The molecule has 4 nitrogen and oxygen atoms in total. The van der Waals surface area contributed by atoms with Gasteiger partial charge in [-0.2, -0.15) is 0 Å². The standard InChI is InChI=1S/C17H16BrNO.C14H20BrNO/c18-16-11-20-10-9-19(16)15-8-4-3-7-14(15)17-12-5-1-2-6-13(12)17;1-4-12(16(2)3)10-13(15)14(17)11-8-6-5-7-9-11/h1-8,16-17H,9-11H2;5-9,12-13H,4,10H2,1-3H3. The van der Waals surface area contributed by atoms with E-state index in [1.54, 1.807) is 0 Å². The molecule has 1 aliphatic carbocycles. The molecule has 37 heavy (non-hydrogen) atoms. The van der Waals surface area contributed by atoms with Crippen molar-refractivity contribution in [2.24, 2.45) is 0 Å². The van der Waals surface area contributed by atoms with Crippen LogP contribution in [0, 0.1) is 0 Å². The number of fused-ring (bicyclic) bond motifs is 1. The maximum atomic E-state index is 12.2. The van der Waals surface area contributed by atoms with Gasteiger partial charge < -0.3 is 14.5 Å². The normalized spacial score (nSPS) is 18.4. The average molecular weight is 628 g/mol. The van der Waals surface area contributed by atoms with E-state index < -0.39 is 0 Å². The fourth-order valence-electron chi connectivity index (χ4n) is 5.00. The van der Waals surface area contributed by atoms with E-state index in [1.807, 2.05) is 30.3 Å². The Kier molecular flexibility index (Phi) is 9.99. The summed E-state index contributed by atoms with van der Waals surface area (Å²) in [5.41, 5.74) is 6.47. The van der Waals surface area contributed by atoms with Crippen molar-refractivity contribution in [3.05, 3.63) is 101 Å². The number of carbonyl (C=O) groups is 1. The van der Waals surface area contributed by atoms with E-state index in [4.69, 9.17) is 4.74 Å². The zero-order chi connectivity index (χ0) is 26.4. The van der Waals surface area contributed by atoms with Gasteiger partial charge in [-0.1, -0.05) is 112 Å². The van der Waals surface area contributed by atoms with Gasteiger partial charge in [0.1, 0.15) is 4.95 Å². The molecule has 0 radical (unpaired) electrons. The van der Waals surface area contributed by atoms with Crippen molar-refractivity contribution < 1.29 is 9.53 Å². The number of hydrogen-bond acceptors (Lipinski definition) is 4. The van der Waals surface area contributed by atoms with Crippen LogP contribution in [0.2, 0.25) is 0 Å². The number of ether oxygens (including phenoxy) is 1. The maximum Gasteiger partial charge on any atom is 0.176 e. The number of ketones is 1. The molecule has 3 unspecified atom stereocenters. The number of anilines is 1. The van der Waals surface area contributed by atoms with Gasteiger partial charge in [0.25, 0.3) is 0 Å².